The van der Waals surface area contributed by atoms with E-state index in [-0.39, 0.29) is 30.7 Å². The summed E-state index contributed by atoms with van der Waals surface area (Å²) in [5.74, 6) is -1.51. The van der Waals surface area contributed by atoms with Crippen LogP contribution in [0.1, 0.15) is 6.92 Å². The second kappa shape index (κ2) is 9.52. The zero-order chi connectivity index (χ0) is 21.5. The number of hydrogen-bond acceptors (Lipinski definition) is 9. The molecule has 3 rings (SSSR count). The van der Waals surface area contributed by atoms with Gasteiger partial charge in [-0.05, 0) is 37.3 Å². The van der Waals surface area contributed by atoms with Gasteiger partial charge in [-0.15, -0.1) is 5.75 Å². The van der Waals surface area contributed by atoms with Crippen LogP contribution < -0.4 is 20.8 Å². The normalized spacial score (nSPS) is 10.4. The van der Waals surface area contributed by atoms with Crippen LogP contribution in [0.2, 0.25) is 0 Å². The van der Waals surface area contributed by atoms with Crippen molar-refractivity contribution in [2.75, 3.05) is 28.8 Å². The Balaban J connectivity index is 1.74. The molecule has 0 unspecified atom stereocenters. The van der Waals surface area contributed by atoms with Crippen LogP contribution in [0.15, 0.2) is 54.7 Å². The lowest BCUT2D eigenvalue weighted by Gasteiger charge is -2.17. The van der Waals surface area contributed by atoms with Crippen LogP contribution in [0.4, 0.5) is 33.2 Å². The van der Waals surface area contributed by atoms with E-state index in [1.54, 1.807) is 43.3 Å². The number of anilines is 5. The topological polar surface area (TPSA) is 123 Å². The Bertz CT molecular complexity index is 1030. The Hall–Kier alpha value is -3.92. The fourth-order valence-electron chi connectivity index (χ4n) is 2.52. The molecule has 0 radical (unpaired) electrons. The molecule has 0 spiro atoms. The molecule has 0 saturated carbocycles. The number of hydroxylamine groups is 1. The predicted molar refractivity (Wildman–Crippen MR) is 107 cm³/mol. The second-order valence-corrected chi connectivity index (χ2v) is 6.08. The summed E-state index contributed by atoms with van der Waals surface area (Å²) in [7, 11) is 0. The van der Waals surface area contributed by atoms with Crippen LogP contribution in [0.25, 0.3) is 0 Å². The van der Waals surface area contributed by atoms with Crippen LogP contribution in [-0.4, -0.2) is 34.3 Å². The second-order valence-electron chi connectivity index (χ2n) is 6.08. The maximum absolute atomic E-state index is 14.1. The van der Waals surface area contributed by atoms with E-state index in [9.17, 15) is 19.5 Å². The summed E-state index contributed by atoms with van der Waals surface area (Å²) in [5, 5.41) is 27.9. The highest BCUT2D eigenvalue weighted by atomic mass is 19.1. The van der Waals surface area contributed by atoms with Crippen LogP contribution in [0, 0.1) is 5.82 Å². The van der Waals surface area contributed by atoms with E-state index in [1.165, 1.54) is 12.1 Å². The molecule has 0 aliphatic heterocycles. The van der Waals surface area contributed by atoms with Crippen molar-refractivity contribution in [3.8, 4) is 5.75 Å². The fraction of sp³-hybridized carbons (Fsp3) is 0.150. The molecule has 0 atom stereocenters. The molecule has 0 aliphatic carbocycles. The molecule has 10 heteroatoms. The van der Waals surface area contributed by atoms with E-state index in [4.69, 9.17) is 4.74 Å². The van der Waals surface area contributed by atoms with Gasteiger partial charge in [0.25, 0.3) is 0 Å². The zero-order valence-electron chi connectivity index (χ0n) is 16.0. The van der Waals surface area contributed by atoms with Crippen LogP contribution in [0.5, 0.6) is 5.75 Å². The molecule has 0 fully saturated rings. The van der Waals surface area contributed by atoms with Crippen molar-refractivity contribution in [3.05, 3.63) is 60.5 Å². The number of nitrogens with one attached hydrogen (secondary N) is 2. The van der Waals surface area contributed by atoms with Crippen LogP contribution in [-0.2, 0) is 9.53 Å². The maximum Gasteiger partial charge on any atom is 0.328 e. The summed E-state index contributed by atoms with van der Waals surface area (Å²) in [5.41, 5.74) is 1.22. The Morgan fingerprint density at radius 2 is 1.93 bits per heavy atom. The molecule has 0 aliphatic rings. The van der Waals surface area contributed by atoms with Crippen molar-refractivity contribution in [1.82, 2.24) is 9.97 Å². The average molecular weight is 412 g/mol. The molecule has 3 N–H and O–H groups in total. The highest BCUT2D eigenvalue weighted by Crippen LogP contribution is 2.24. The third-order valence-electron chi connectivity index (χ3n) is 3.83. The first-order valence-electron chi connectivity index (χ1n) is 9.00. The quantitative estimate of drug-likeness (QED) is 0.378. The van der Waals surface area contributed by atoms with Gasteiger partial charge in [-0.3, -0.25) is 10.0 Å². The molecule has 0 amide bonds. The lowest BCUT2D eigenvalue weighted by Crippen LogP contribution is -2.27. The van der Waals surface area contributed by atoms with Crippen molar-refractivity contribution in [1.29, 1.82) is 0 Å². The van der Waals surface area contributed by atoms with Gasteiger partial charge < -0.3 is 20.5 Å². The smallest absolute Gasteiger partial charge is 0.328 e. The SMILES string of the molecule is CCOC(=O)CN(O)c1cccc(Nc2ncc(F)c(Nc3cccc([O-])c3)n2)c1. The molecule has 1 heterocycles. The predicted octanol–water partition coefficient (Wildman–Crippen LogP) is 2.94. The van der Waals surface area contributed by atoms with Crippen molar-refractivity contribution in [2.45, 2.75) is 6.92 Å². The molecule has 30 heavy (non-hydrogen) atoms. The molecular formula is C20H19FN5O4-. The number of esters is 1. The number of nitrogens with zero attached hydrogens (tertiary/aromatic N) is 3. The van der Waals surface area contributed by atoms with E-state index in [2.05, 4.69) is 20.6 Å². The third-order valence-corrected chi connectivity index (χ3v) is 3.83. The fourth-order valence-corrected chi connectivity index (χ4v) is 2.52. The van der Waals surface area contributed by atoms with E-state index in [1.807, 2.05) is 0 Å². The number of benzene rings is 2. The van der Waals surface area contributed by atoms with Crippen molar-refractivity contribution < 1.29 is 24.2 Å². The van der Waals surface area contributed by atoms with E-state index in [0.717, 1.165) is 11.3 Å². The monoisotopic (exact) mass is 412 g/mol. The lowest BCUT2D eigenvalue weighted by atomic mass is 10.2. The van der Waals surface area contributed by atoms with Gasteiger partial charge in [0.05, 0.1) is 18.5 Å². The van der Waals surface area contributed by atoms with Gasteiger partial charge in [0.2, 0.25) is 5.95 Å². The average Bonchev–Trinajstić information content (AvgIpc) is 2.71. The Morgan fingerprint density at radius 3 is 2.67 bits per heavy atom. The molecule has 3 aromatic rings. The molecule has 9 nitrogen and oxygen atoms in total. The first kappa shape index (κ1) is 20.8. The zero-order valence-corrected chi connectivity index (χ0v) is 16.0. The van der Waals surface area contributed by atoms with Crippen LogP contribution >= 0.6 is 0 Å². The number of carbonyl (C=O) groups excluding carboxylic acids is 1. The van der Waals surface area contributed by atoms with Gasteiger partial charge in [-0.25, -0.2) is 14.4 Å². The van der Waals surface area contributed by atoms with E-state index < -0.39 is 11.8 Å². The van der Waals surface area contributed by atoms with E-state index in [0.29, 0.717) is 17.1 Å². The maximum atomic E-state index is 14.1. The molecule has 0 saturated heterocycles. The summed E-state index contributed by atoms with van der Waals surface area (Å²) in [4.78, 5) is 19.5. The number of halogens is 1. The molecule has 156 valence electrons. The van der Waals surface area contributed by atoms with Gasteiger partial charge in [-0.1, -0.05) is 18.2 Å². The lowest BCUT2D eigenvalue weighted by molar-refractivity contribution is -0.268. The number of hydrogen-bond donors (Lipinski definition) is 3. The minimum absolute atomic E-state index is 0.0872. The van der Waals surface area contributed by atoms with E-state index >= 15 is 0 Å². The minimum Gasteiger partial charge on any atom is -0.872 e. The van der Waals surface area contributed by atoms with Crippen LogP contribution in [0.3, 0.4) is 0 Å². The first-order valence-corrected chi connectivity index (χ1v) is 9.00. The third kappa shape index (κ3) is 5.55. The van der Waals surface area contributed by atoms with Gasteiger partial charge in [0.15, 0.2) is 11.6 Å². The number of aromatic nitrogens is 2. The molecule has 0 bridgehead atoms. The Labute approximate surface area is 171 Å². The summed E-state index contributed by atoms with van der Waals surface area (Å²) in [6.45, 7) is 1.55. The standard InChI is InChI=1S/C20H20FN5O4/c1-2-30-18(28)12-26(29)15-7-3-5-13(9-15)24-20-22-11-17(21)19(25-20)23-14-6-4-8-16(27)10-14/h3-11,27,29H,2,12H2,1H3,(H2,22,23,24,25)/p-1. The minimum atomic E-state index is -0.693. The van der Waals surface area contributed by atoms with Crippen molar-refractivity contribution in [3.63, 3.8) is 0 Å². The Morgan fingerprint density at radius 1 is 1.20 bits per heavy atom. The first-order chi connectivity index (χ1) is 14.4. The largest absolute Gasteiger partial charge is 0.872 e. The van der Waals surface area contributed by atoms with Gasteiger partial charge in [-0.2, -0.15) is 4.98 Å². The highest BCUT2D eigenvalue weighted by molar-refractivity contribution is 5.75. The van der Waals surface area contributed by atoms with Gasteiger partial charge in [0.1, 0.15) is 6.54 Å². The summed E-state index contributed by atoms with van der Waals surface area (Å²) >= 11 is 0. The Kier molecular flexibility index (Phi) is 6.60. The number of carbonyl (C=O) groups is 1. The summed E-state index contributed by atoms with van der Waals surface area (Å²) < 4.78 is 18.9. The van der Waals surface area contributed by atoms with Crippen molar-refractivity contribution >= 4 is 34.8 Å². The van der Waals surface area contributed by atoms with Crippen molar-refractivity contribution in [2.24, 2.45) is 0 Å². The molecular weight excluding hydrogens is 393 g/mol. The number of rotatable bonds is 8. The van der Waals surface area contributed by atoms with Gasteiger partial charge in [0, 0.05) is 11.4 Å². The van der Waals surface area contributed by atoms with Gasteiger partial charge >= 0.3 is 5.97 Å². The number of ether oxygens (including phenoxy) is 1. The molecule has 1 aromatic heterocycles. The summed E-state index contributed by atoms with van der Waals surface area (Å²) in [6, 6.07) is 12.3. The highest BCUT2D eigenvalue weighted by Gasteiger charge is 2.12. The molecule has 2 aromatic carbocycles. The summed E-state index contributed by atoms with van der Waals surface area (Å²) in [6.07, 6.45) is 0.988.